The van der Waals surface area contributed by atoms with E-state index in [1.807, 2.05) is 4.90 Å². The number of hydrogen-bond donors (Lipinski definition) is 1. The lowest BCUT2D eigenvalue weighted by molar-refractivity contribution is -0.384. The number of nitro groups is 1. The molecule has 0 radical (unpaired) electrons. The summed E-state index contributed by atoms with van der Waals surface area (Å²) in [6, 6.07) is 11.6. The van der Waals surface area contributed by atoms with Crippen molar-refractivity contribution >= 4 is 39.2 Å². The van der Waals surface area contributed by atoms with Crippen molar-refractivity contribution in [1.82, 2.24) is 4.90 Å². The van der Waals surface area contributed by atoms with Gasteiger partial charge < -0.3 is 10.2 Å². The van der Waals surface area contributed by atoms with E-state index in [1.165, 1.54) is 54.6 Å². The predicted octanol–water partition coefficient (Wildman–Crippen LogP) is 3.06. The van der Waals surface area contributed by atoms with Crippen LogP contribution >= 0.6 is 0 Å². The van der Waals surface area contributed by atoms with E-state index in [2.05, 4.69) is 9.71 Å². The Morgan fingerprint density at radius 2 is 1.97 bits per heavy atom. The van der Waals surface area contributed by atoms with Crippen molar-refractivity contribution in [3.8, 4) is 0 Å². The lowest BCUT2D eigenvalue weighted by Gasteiger charge is -2.11. The van der Waals surface area contributed by atoms with Gasteiger partial charge in [0, 0.05) is 43.9 Å². The molecule has 0 aromatic heterocycles. The molecule has 0 aliphatic carbocycles. The number of likely N-dealkylation sites (tertiary alicyclic amines) is 1. The molecule has 1 heterocycles. The van der Waals surface area contributed by atoms with Crippen LogP contribution in [0.5, 0.6) is 0 Å². The summed E-state index contributed by atoms with van der Waals surface area (Å²) in [5.41, 5.74) is 0.854. The number of nitrogens with one attached hydrogen (secondary N) is 1. The van der Waals surface area contributed by atoms with Crippen molar-refractivity contribution in [3.63, 3.8) is 0 Å². The minimum Gasteiger partial charge on any atom is -0.362 e. The average molecular weight is 428 g/mol. The Hall–Kier alpha value is -3.53. The Kier molecular flexibility index (Phi) is 6.26. The first-order chi connectivity index (χ1) is 14.2. The van der Waals surface area contributed by atoms with E-state index < -0.39 is 20.9 Å². The number of nitro benzene ring substituents is 1. The molecule has 2 aromatic carbocycles. The fourth-order valence-corrected chi connectivity index (χ4v) is 4.00. The first-order valence-electron chi connectivity index (χ1n) is 9.13. The van der Waals surface area contributed by atoms with Crippen molar-refractivity contribution in [2.45, 2.75) is 17.7 Å². The van der Waals surface area contributed by atoms with Gasteiger partial charge in [-0.05, 0) is 42.3 Å². The third-order valence-corrected chi connectivity index (χ3v) is 5.81. The van der Waals surface area contributed by atoms with E-state index in [-0.39, 0.29) is 10.6 Å². The van der Waals surface area contributed by atoms with Crippen molar-refractivity contribution in [1.29, 1.82) is 0 Å². The normalized spacial score (nSPS) is 15.6. The number of benzene rings is 2. The van der Waals surface area contributed by atoms with E-state index in [4.69, 9.17) is 0 Å². The number of amidine groups is 1. The molecule has 2 aromatic rings. The summed E-state index contributed by atoms with van der Waals surface area (Å²) in [6.07, 6.45) is 4.20. The highest BCUT2D eigenvalue weighted by molar-refractivity contribution is 7.90. The van der Waals surface area contributed by atoms with Gasteiger partial charge in [-0.2, -0.15) is 8.42 Å². The highest BCUT2D eigenvalue weighted by atomic mass is 32.2. The van der Waals surface area contributed by atoms with Crippen LogP contribution in [0.1, 0.15) is 18.4 Å². The van der Waals surface area contributed by atoms with Gasteiger partial charge in [0.25, 0.3) is 15.7 Å². The van der Waals surface area contributed by atoms with Crippen LogP contribution < -0.4 is 5.32 Å². The van der Waals surface area contributed by atoms with Crippen molar-refractivity contribution in [3.05, 3.63) is 70.3 Å². The molecule has 3 rings (SSSR count). The summed E-state index contributed by atoms with van der Waals surface area (Å²) in [7, 11) is -2.01. The van der Waals surface area contributed by atoms with Gasteiger partial charge in [-0.15, -0.1) is 4.40 Å². The van der Waals surface area contributed by atoms with Crippen LogP contribution in [-0.4, -0.2) is 43.6 Å². The van der Waals surface area contributed by atoms with Crippen LogP contribution in [0.25, 0.3) is 6.08 Å². The molecule has 30 heavy (non-hydrogen) atoms. The molecule has 10 heteroatoms. The fraction of sp³-hybridized carbons (Fsp3) is 0.200. The fourth-order valence-electron chi connectivity index (χ4n) is 2.91. The first-order valence-corrected chi connectivity index (χ1v) is 10.6. The van der Waals surface area contributed by atoms with Crippen LogP contribution in [0.3, 0.4) is 0 Å². The molecule has 0 unspecified atom stereocenters. The third kappa shape index (κ3) is 5.29. The Bertz CT molecular complexity index is 1120. The molecule has 9 nitrogen and oxygen atoms in total. The molecule has 1 fully saturated rings. The second-order valence-electron chi connectivity index (χ2n) is 6.71. The molecular weight excluding hydrogens is 408 g/mol. The summed E-state index contributed by atoms with van der Waals surface area (Å²) < 4.78 is 28.8. The van der Waals surface area contributed by atoms with Gasteiger partial charge in [-0.3, -0.25) is 14.9 Å². The Morgan fingerprint density at radius 3 is 2.60 bits per heavy atom. The molecule has 1 aliphatic rings. The number of carbonyl (C=O) groups excluding carboxylic acids is 1. The van der Waals surface area contributed by atoms with E-state index in [1.54, 1.807) is 13.1 Å². The second kappa shape index (κ2) is 8.87. The summed E-state index contributed by atoms with van der Waals surface area (Å²) in [5.74, 6) is 0.0867. The van der Waals surface area contributed by atoms with Crippen LogP contribution in [-0.2, 0) is 14.8 Å². The summed E-state index contributed by atoms with van der Waals surface area (Å²) in [5, 5.41) is 13.4. The zero-order valence-corrected chi connectivity index (χ0v) is 17.0. The minimum absolute atomic E-state index is 0.0421. The number of amides is 1. The molecular formula is C20H20N4O5S. The zero-order chi connectivity index (χ0) is 21.7. The third-order valence-electron chi connectivity index (χ3n) is 4.49. The predicted molar refractivity (Wildman–Crippen MR) is 114 cm³/mol. The Morgan fingerprint density at radius 1 is 1.23 bits per heavy atom. The second-order valence-corrected chi connectivity index (χ2v) is 8.31. The molecule has 1 aliphatic heterocycles. The maximum atomic E-state index is 12.4. The van der Waals surface area contributed by atoms with Gasteiger partial charge in [0.1, 0.15) is 5.84 Å². The molecule has 0 bridgehead atoms. The monoisotopic (exact) mass is 428 g/mol. The molecule has 1 amide bonds. The topological polar surface area (TPSA) is 122 Å². The number of hydrogen-bond acceptors (Lipinski definition) is 5. The zero-order valence-electron chi connectivity index (χ0n) is 16.2. The van der Waals surface area contributed by atoms with Crippen molar-refractivity contribution < 1.29 is 18.1 Å². The minimum atomic E-state index is -3.81. The molecule has 0 spiro atoms. The van der Waals surface area contributed by atoms with Crippen molar-refractivity contribution in [2.75, 3.05) is 18.9 Å². The Balaban J connectivity index is 1.66. The van der Waals surface area contributed by atoms with Crippen LogP contribution in [0.2, 0.25) is 0 Å². The highest BCUT2D eigenvalue weighted by Gasteiger charge is 2.20. The summed E-state index contributed by atoms with van der Waals surface area (Å²) >= 11 is 0. The summed E-state index contributed by atoms with van der Waals surface area (Å²) in [6.45, 7) is 0.781. The maximum absolute atomic E-state index is 12.4. The Labute approximate surface area is 173 Å². The van der Waals surface area contributed by atoms with Gasteiger partial charge >= 0.3 is 0 Å². The van der Waals surface area contributed by atoms with Crippen molar-refractivity contribution in [2.24, 2.45) is 4.40 Å². The quantitative estimate of drug-likeness (QED) is 0.429. The number of anilines is 1. The molecule has 0 atom stereocenters. The SMILES string of the molecule is CN1CCCC1=NS(=O)(=O)c1ccc(NC(=O)C=Cc2cccc([N+](=O)[O-])c2)cc1. The number of nitrogens with zero attached hydrogens (tertiary/aromatic N) is 3. The molecule has 0 saturated carbocycles. The van der Waals surface area contributed by atoms with Gasteiger partial charge in [-0.25, -0.2) is 0 Å². The van der Waals surface area contributed by atoms with E-state index >= 15 is 0 Å². The van der Waals surface area contributed by atoms with Gasteiger partial charge in [0.05, 0.1) is 9.82 Å². The molecule has 1 N–H and O–H groups in total. The average Bonchev–Trinajstić information content (AvgIpc) is 3.11. The standard InChI is InChI=1S/C20H20N4O5S/c1-23-13-3-6-19(23)22-30(28,29)18-10-8-16(9-11-18)21-20(25)12-7-15-4-2-5-17(14-15)24(26)27/h2,4-5,7-12,14H,3,6,13H2,1H3,(H,21,25). The number of sulfonamides is 1. The molecule has 156 valence electrons. The van der Waals surface area contributed by atoms with Crippen LogP contribution in [0.15, 0.2) is 63.9 Å². The first kappa shape index (κ1) is 21.2. The largest absolute Gasteiger partial charge is 0.362 e. The van der Waals surface area contributed by atoms with Gasteiger partial charge in [0.2, 0.25) is 5.91 Å². The van der Waals surface area contributed by atoms with Gasteiger partial charge in [-0.1, -0.05) is 12.1 Å². The number of non-ortho nitro benzene ring substituents is 1. The number of carbonyl (C=O) groups is 1. The number of rotatable bonds is 6. The molecule has 1 saturated heterocycles. The maximum Gasteiger partial charge on any atom is 0.283 e. The highest BCUT2D eigenvalue weighted by Crippen LogP contribution is 2.19. The van der Waals surface area contributed by atoms with Crippen LogP contribution in [0.4, 0.5) is 11.4 Å². The lowest BCUT2D eigenvalue weighted by Crippen LogP contribution is -2.20. The summed E-state index contributed by atoms with van der Waals surface area (Å²) in [4.78, 5) is 24.2. The van der Waals surface area contributed by atoms with E-state index in [0.29, 0.717) is 23.5 Å². The van der Waals surface area contributed by atoms with Crippen LogP contribution in [0, 0.1) is 10.1 Å². The van der Waals surface area contributed by atoms with Gasteiger partial charge in [0.15, 0.2) is 0 Å². The van der Waals surface area contributed by atoms with E-state index in [0.717, 1.165) is 13.0 Å². The van der Waals surface area contributed by atoms with E-state index in [9.17, 15) is 23.3 Å². The smallest absolute Gasteiger partial charge is 0.283 e. The lowest BCUT2D eigenvalue weighted by atomic mass is 10.2.